The van der Waals surface area contributed by atoms with E-state index in [1.54, 1.807) is 12.3 Å². The number of aromatic nitrogens is 2. The van der Waals surface area contributed by atoms with Crippen LogP contribution in [0.4, 0.5) is 15.8 Å². The Morgan fingerprint density at radius 1 is 1.33 bits per heavy atom. The molecule has 0 amide bonds. The molecule has 96 valence electrons. The average Bonchev–Trinajstić information content (AvgIpc) is 2.84. The van der Waals surface area contributed by atoms with Crippen LogP contribution >= 0.6 is 0 Å². The van der Waals surface area contributed by atoms with Gasteiger partial charge in [-0.2, -0.15) is 0 Å². The lowest BCUT2D eigenvalue weighted by Gasteiger charge is -2.09. The lowest BCUT2D eigenvalue weighted by atomic mass is 10.2. The van der Waals surface area contributed by atoms with Crippen LogP contribution in [-0.2, 0) is 6.54 Å². The SMILES string of the molecule is Nc1cc(F)ccc1NCCCCn1ccnc1. The van der Waals surface area contributed by atoms with Crippen molar-refractivity contribution in [3.05, 3.63) is 42.7 Å². The second kappa shape index (κ2) is 6.05. The minimum Gasteiger partial charge on any atom is -0.397 e. The number of imidazole rings is 1. The topological polar surface area (TPSA) is 55.9 Å². The van der Waals surface area contributed by atoms with Gasteiger partial charge in [-0.3, -0.25) is 0 Å². The van der Waals surface area contributed by atoms with Crippen molar-refractivity contribution >= 4 is 11.4 Å². The predicted molar refractivity (Wildman–Crippen MR) is 70.8 cm³/mol. The molecule has 1 heterocycles. The van der Waals surface area contributed by atoms with Crippen molar-refractivity contribution in [3.8, 4) is 0 Å². The van der Waals surface area contributed by atoms with E-state index in [0.717, 1.165) is 31.6 Å². The smallest absolute Gasteiger partial charge is 0.125 e. The van der Waals surface area contributed by atoms with E-state index in [2.05, 4.69) is 10.3 Å². The van der Waals surface area contributed by atoms with Gasteiger partial charge in [0.25, 0.3) is 0 Å². The molecule has 0 aliphatic carbocycles. The number of nitrogens with one attached hydrogen (secondary N) is 1. The number of anilines is 2. The Morgan fingerprint density at radius 3 is 2.94 bits per heavy atom. The molecular formula is C13H17FN4. The van der Waals surface area contributed by atoms with Gasteiger partial charge in [-0.25, -0.2) is 9.37 Å². The van der Waals surface area contributed by atoms with E-state index in [-0.39, 0.29) is 5.82 Å². The lowest BCUT2D eigenvalue weighted by molar-refractivity contribution is 0.620. The molecule has 0 atom stereocenters. The van der Waals surface area contributed by atoms with E-state index < -0.39 is 0 Å². The van der Waals surface area contributed by atoms with Crippen molar-refractivity contribution in [3.63, 3.8) is 0 Å². The van der Waals surface area contributed by atoms with Gasteiger partial charge in [0, 0.05) is 25.5 Å². The number of nitrogens with zero attached hydrogens (tertiary/aromatic N) is 2. The lowest BCUT2D eigenvalue weighted by Crippen LogP contribution is -2.05. The largest absolute Gasteiger partial charge is 0.397 e. The summed E-state index contributed by atoms with van der Waals surface area (Å²) >= 11 is 0. The average molecular weight is 248 g/mol. The van der Waals surface area contributed by atoms with Crippen LogP contribution in [0.2, 0.25) is 0 Å². The zero-order chi connectivity index (χ0) is 12.8. The summed E-state index contributed by atoms with van der Waals surface area (Å²) in [5.41, 5.74) is 6.94. The molecule has 0 saturated carbocycles. The van der Waals surface area contributed by atoms with Crippen LogP contribution in [0.1, 0.15) is 12.8 Å². The van der Waals surface area contributed by atoms with E-state index in [9.17, 15) is 4.39 Å². The summed E-state index contributed by atoms with van der Waals surface area (Å²) in [5.74, 6) is -0.307. The van der Waals surface area contributed by atoms with Gasteiger partial charge in [0.15, 0.2) is 0 Å². The number of nitrogen functional groups attached to an aromatic ring is 1. The summed E-state index contributed by atoms with van der Waals surface area (Å²) in [7, 11) is 0. The number of halogens is 1. The van der Waals surface area contributed by atoms with Crippen molar-refractivity contribution < 1.29 is 4.39 Å². The maximum atomic E-state index is 12.8. The Balaban J connectivity index is 1.69. The maximum absolute atomic E-state index is 12.8. The minimum absolute atomic E-state index is 0.307. The van der Waals surface area contributed by atoms with Crippen LogP contribution in [0, 0.1) is 5.82 Å². The summed E-state index contributed by atoms with van der Waals surface area (Å²) in [6, 6.07) is 4.40. The van der Waals surface area contributed by atoms with Crippen LogP contribution in [0.3, 0.4) is 0 Å². The summed E-state index contributed by atoms with van der Waals surface area (Å²) < 4.78 is 14.9. The fraction of sp³-hybridized carbons (Fsp3) is 0.308. The number of hydrogen-bond donors (Lipinski definition) is 2. The standard InChI is InChI=1S/C13H17FN4/c14-11-3-4-13(12(15)9-11)17-5-1-2-7-18-8-6-16-10-18/h3-4,6,8-10,17H,1-2,5,7,15H2. The molecule has 18 heavy (non-hydrogen) atoms. The molecule has 5 heteroatoms. The first-order chi connectivity index (χ1) is 8.75. The van der Waals surface area contributed by atoms with E-state index in [1.807, 2.05) is 17.1 Å². The van der Waals surface area contributed by atoms with Crippen molar-refractivity contribution in [1.29, 1.82) is 0 Å². The molecule has 3 N–H and O–H groups in total. The van der Waals surface area contributed by atoms with Crippen molar-refractivity contribution in [2.45, 2.75) is 19.4 Å². The molecule has 0 saturated heterocycles. The first-order valence-electron chi connectivity index (χ1n) is 6.00. The second-order valence-corrected chi connectivity index (χ2v) is 4.17. The number of benzene rings is 1. The molecule has 0 aliphatic rings. The Labute approximate surface area is 106 Å². The molecule has 0 radical (unpaired) electrons. The van der Waals surface area contributed by atoms with Gasteiger partial charge in [0.1, 0.15) is 5.82 Å². The Hall–Kier alpha value is -2.04. The number of rotatable bonds is 6. The fourth-order valence-corrected chi connectivity index (χ4v) is 1.76. The molecule has 0 spiro atoms. The highest BCUT2D eigenvalue weighted by Crippen LogP contribution is 2.18. The molecule has 2 aromatic rings. The second-order valence-electron chi connectivity index (χ2n) is 4.17. The molecule has 4 nitrogen and oxygen atoms in total. The van der Waals surface area contributed by atoms with Gasteiger partial charge in [-0.1, -0.05) is 0 Å². The normalized spacial score (nSPS) is 10.5. The van der Waals surface area contributed by atoms with Gasteiger partial charge in [-0.05, 0) is 31.0 Å². The van der Waals surface area contributed by atoms with E-state index >= 15 is 0 Å². The first-order valence-corrected chi connectivity index (χ1v) is 6.00. The molecule has 1 aromatic carbocycles. The molecule has 1 aromatic heterocycles. The van der Waals surface area contributed by atoms with Crippen LogP contribution in [0.15, 0.2) is 36.9 Å². The summed E-state index contributed by atoms with van der Waals surface area (Å²) in [5, 5.41) is 3.20. The predicted octanol–water partition coefficient (Wildman–Crippen LogP) is 2.50. The van der Waals surface area contributed by atoms with Gasteiger partial charge in [0.2, 0.25) is 0 Å². The maximum Gasteiger partial charge on any atom is 0.125 e. The van der Waals surface area contributed by atoms with Crippen LogP contribution in [-0.4, -0.2) is 16.1 Å². The quantitative estimate of drug-likeness (QED) is 0.610. The van der Waals surface area contributed by atoms with Gasteiger partial charge >= 0.3 is 0 Å². The summed E-state index contributed by atoms with van der Waals surface area (Å²) in [4.78, 5) is 3.98. The summed E-state index contributed by atoms with van der Waals surface area (Å²) in [6.45, 7) is 1.78. The van der Waals surface area contributed by atoms with Gasteiger partial charge in [-0.15, -0.1) is 0 Å². The third-order valence-electron chi connectivity index (χ3n) is 2.73. The fourth-order valence-electron chi connectivity index (χ4n) is 1.76. The zero-order valence-corrected chi connectivity index (χ0v) is 10.1. The number of unbranched alkanes of at least 4 members (excludes halogenated alkanes) is 1. The van der Waals surface area contributed by atoms with Gasteiger partial charge in [0.05, 0.1) is 17.7 Å². The third-order valence-corrected chi connectivity index (χ3v) is 2.73. The van der Waals surface area contributed by atoms with Crippen LogP contribution < -0.4 is 11.1 Å². The summed E-state index contributed by atoms with van der Waals surface area (Å²) in [6.07, 6.45) is 7.62. The number of aryl methyl sites for hydroxylation is 1. The Morgan fingerprint density at radius 2 is 2.22 bits per heavy atom. The van der Waals surface area contributed by atoms with Gasteiger partial charge < -0.3 is 15.6 Å². The minimum atomic E-state index is -0.307. The number of nitrogens with two attached hydrogens (primary N) is 1. The van der Waals surface area contributed by atoms with Crippen molar-refractivity contribution in [2.75, 3.05) is 17.6 Å². The highest BCUT2D eigenvalue weighted by atomic mass is 19.1. The zero-order valence-electron chi connectivity index (χ0n) is 10.1. The van der Waals surface area contributed by atoms with Crippen molar-refractivity contribution in [2.24, 2.45) is 0 Å². The molecule has 0 unspecified atom stereocenters. The molecular weight excluding hydrogens is 231 g/mol. The van der Waals surface area contributed by atoms with Crippen LogP contribution in [0.5, 0.6) is 0 Å². The third kappa shape index (κ3) is 3.48. The van der Waals surface area contributed by atoms with E-state index in [4.69, 9.17) is 5.73 Å². The van der Waals surface area contributed by atoms with E-state index in [0.29, 0.717) is 5.69 Å². The molecule has 2 rings (SSSR count). The molecule has 0 fully saturated rings. The molecule has 0 aliphatic heterocycles. The highest BCUT2D eigenvalue weighted by Gasteiger charge is 1.99. The molecule has 0 bridgehead atoms. The Kier molecular flexibility index (Phi) is 4.17. The van der Waals surface area contributed by atoms with Crippen molar-refractivity contribution in [1.82, 2.24) is 9.55 Å². The first kappa shape index (κ1) is 12.4. The highest BCUT2D eigenvalue weighted by molar-refractivity contribution is 5.65. The van der Waals surface area contributed by atoms with Crippen LogP contribution in [0.25, 0.3) is 0 Å². The monoisotopic (exact) mass is 248 g/mol. The number of hydrogen-bond acceptors (Lipinski definition) is 3. The Bertz CT molecular complexity index is 482. The van der Waals surface area contributed by atoms with E-state index in [1.165, 1.54) is 12.1 Å².